The number of imide groups is 1. The van der Waals surface area contributed by atoms with Gasteiger partial charge in [-0.15, -0.1) is 0 Å². The third-order valence-electron chi connectivity index (χ3n) is 5.51. The SMILES string of the molecule is CC[C@H](C)OC(=O)CN1C(=O)S/C(=C/c2c(OCc3ccccc3)ccc3ccccc23)C1=O. The van der Waals surface area contributed by atoms with E-state index >= 15 is 0 Å². The van der Waals surface area contributed by atoms with Crippen LogP contribution in [0.1, 0.15) is 31.4 Å². The first-order valence-corrected chi connectivity index (χ1v) is 11.9. The minimum Gasteiger partial charge on any atom is -0.488 e. The fourth-order valence-electron chi connectivity index (χ4n) is 3.53. The first-order valence-electron chi connectivity index (χ1n) is 11.1. The minimum atomic E-state index is -0.602. The molecule has 0 bridgehead atoms. The zero-order valence-corrected chi connectivity index (χ0v) is 19.8. The molecule has 6 nitrogen and oxygen atoms in total. The Bertz CT molecular complexity index is 1250. The largest absolute Gasteiger partial charge is 0.488 e. The summed E-state index contributed by atoms with van der Waals surface area (Å²) in [5.41, 5.74) is 1.73. The van der Waals surface area contributed by atoms with Gasteiger partial charge in [0.2, 0.25) is 0 Å². The number of thioether (sulfide) groups is 1. The molecule has 34 heavy (non-hydrogen) atoms. The molecule has 0 aromatic heterocycles. The molecule has 1 saturated heterocycles. The van der Waals surface area contributed by atoms with Crippen LogP contribution in [0.25, 0.3) is 16.8 Å². The Morgan fingerprint density at radius 3 is 2.53 bits per heavy atom. The van der Waals surface area contributed by atoms with Gasteiger partial charge in [0.05, 0.1) is 11.0 Å². The van der Waals surface area contributed by atoms with Gasteiger partial charge in [0.1, 0.15) is 18.9 Å². The average Bonchev–Trinajstić information content (AvgIpc) is 3.11. The summed E-state index contributed by atoms with van der Waals surface area (Å²) in [5.74, 6) is -0.515. The topological polar surface area (TPSA) is 72.9 Å². The van der Waals surface area contributed by atoms with E-state index in [2.05, 4.69) is 0 Å². The van der Waals surface area contributed by atoms with Crippen molar-refractivity contribution in [1.82, 2.24) is 4.90 Å². The molecular weight excluding hydrogens is 450 g/mol. The maximum Gasteiger partial charge on any atom is 0.326 e. The van der Waals surface area contributed by atoms with Gasteiger partial charge in [-0.1, -0.05) is 67.6 Å². The summed E-state index contributed by atoms with van der Waals surface area (Å²) in [6, 6.07) is 21.4. The van der Waals surface area contributed by atoms with Crippen LogP contribution < -0.4 is 4.74 Å². The molecule has 1 heterocycles. The molecule has 7 heteroatoms. The summed E-state index contributed by atoms with van der Waals surface area (Å²) in [4.78, 5) is 38.9. The third-order valence-corrected chi connectivity index (χ3v) is 6.42. The van der Waals surface area contributed by atoms with Crippen LogP contribution >= 0.6 is 11.8 Å². The Morgan fingerprint density at radius 2 is 1.76 bits per heavy atom. The van der Waals surface area contributed by atoms with Gasteiger partial charge < -0.3 is 9.47 Å². The van der Waals surface area contributed by atoms with Crippen LogP contribution in [0.4, 0.5) is 4.79 Å². The molecule has 0 N–H and O–H groups in total. The highest BCUT2D eigenvalue weighted by molar-refractivity contribution is 8.18. The van der Waals surface area contributed by atoms with E-state index in [1.54, 1.807) is 13.0 Å². The molecule has 2 amide bonds. The van der Waals surface area contributed by atoms with Gasteiger partial charge in [0.15, 0.2) is 0 Å². The van der Waals surface area contributed by atoms with E-state index in [0.29, 0.717) is 24.3 Å². The predicted octanol–water partition coefficient (Wildman–Crippen LogP) is 5.80. The summed E-state index contributed by atoms with van der Waals surface area (Å²) in [5, 5.41) is 1.39. The van der Waals surface area contributed by atoms with E-state index in [1.165, 1.54) is 0 Å². The Balaban J connectivity index is 1.63. The number of hydrogen-bond acceptors (Lipinski definition) is 6. The molecule has 3 aromatic rings. The molecule has 0 aliphatic carbocycles. The maximum absolute atomic E-state index is 13.0. The molecule has 0 unspecified atom stereocenters. The molecule has 3 aromatic carbocycles. The van der Waals surface area contributed by atoms with Crippen LogP contribution in [0.15, 0.2) is 71.6 Å². The van der Waals surface area contributed by atoms with Gasteiger partial charge in [-0.3, -0.25) is 19.3 Å². The summed E-state index contributed by atoms with van der Waals surface area (Å²) >= 11 is 0.810. The van der Waals surface area contributed by atoms with Crippen molar-refractivity contribution in [2.45, 2.75) is 33.0 Å². The van der Waals surface area contributed by atoms with Gasteiger partial charge >= 0.3 is 5.97 Å². The highest BCUT2D eigenvalue weighted by atomic mass is 32.2. The lowest BCUT2D eigenvalue weighted by Gasteiger charge is -2.15. The van der Waals surface area contributed by atoms with Crippen LogP contribution in [-0.2, 0) is 20.9 Å². The highest BCUT2D eigenvalue weighted by Crippen LogP contribution is 2.37. The van der Waals surface area contributed by atoms with E-state index < -0.39 is 23.7 Å². The average molecular weight is 476 g/mol. The molecule has 1 aliphatic rings. The number of hydrogen-bond donors (Lipinski definition) is 0. The van der Waals surface area contributed by atoms with Crippen molar-refractivity contribution in [2.75, 3.05) is 6.54 Å². The molecule has 0 spiro atoms. The van der Waals surface area contributed by atoms with E-state index in [1.807, 2.05) is 73.7 Å². The van der Waals surface area contributed by atoms with Crippen molar-refractivity contribution in [3.05, 3.63) is 82.8 Å². The quantitative estimate of drug-likeness (QED) is 0.303. The Kier molecular flexibility index (Phi) is 7.33. The second-order valence-electron chi connectivity index (χ2n) is 7.95. The fourth-order valence-corrected chi connectivity index (χ4v) is 4.35. The second kappa shape index (κ2) is 10.6. The van der Waals surface area contributed by atoms with Crippen LogP contribution in [0.2, 0.25) is 0 Å². The fraction of sp³-hybridized carbons (Fsp3) is 0.222. The molecule has 1 fully saturated rings. The standard InChI is InChI=1S/C27H25NO5S/c1-3-18(2)33-25(29)16-28-26(30)24(34-27(28)31)15-22-21-12-8-7-11-20(21)13-14-23(22)32-17-19-9-5-4-6-10-19/h4-15,18H,3,16-17H2,1-2H3/b24-15+/t18-/m0/s1. The number of benzene rings is 3. The second-order valence-corrected chi connectivity index (χ2v) is 8.94. The molecule has 1 aliphatic heterocycles. The number of ether oxygens (including phenoxy) is 2. The minimum absolute atomic E-state index is 0.238. The van der Waals surface area contributed by atoms with Crippen LogP contribution in [-0.4, -0.2) is 34.7 Å². The summed E-state index contributed by atoms with van der Waals surface area (Å²) in [6.45, 7) is 3.62. The third kappa shape index (κ3) is 5.31. The smallest absolute Gasteiger partial charge is 0.326 e. The van der Waals surface area contributed by atoms with E-state index in [-0.39, 0.29) is 11.0 Å². The zero-order chi connectivity index (χ0) is 24.1. The number of rotatable bonds is 8. The monoisotopic (exact) mass is 475 g/mol. The van der Waals surface area contributed by atoms with E-state index in [0.717, 1.165) is 33.0 Å². The lowest BCUT2D eigenvalue weighted by atomic mass is 10.0. The summed E-state index contributed by atoms with van der Waals surface area (Å²) in [7, 11) is 0. The van der Waals surface area contributed by atoms with Gasteiger partial charge in [0, 0.05) is 5.56 Å². The Labute approximate surface area is 202 Å². The van der Waals surface area contributed by atoms with Crippen molar-refractivity contribution in [2.24, 2.45) is 0 Å². The van der Waals surface area contributed by atoms with Crippen LogP contribution in [0.3, 0.4) is 0 Å². The summed E-state index contributed by atoms with van der Waals surface area (Å²) in [6.07, 6.45) is 2.05. The normalized spacial score (nSPS) is 15.7. The first-order chi connectivity index (χ1) is 16.5. The van der Waals surface area contributed by atoms with Gasteiger partial charge in [-0.05, 0) is 53.6 Å². The molecule has 0 saturated carbocycles. The van der Waals surface area contributed by atoms with Crippen molar-refractivity contribution in [3.8, 4) is 5.75 Å². The van der Waals surface area contributed by atoms with Crippen LogP contribution in [0.5, 0.6) is 5.75 Å². The van der Waals surface area contributed by atoms with Crippen molar-refractivity contribution < 1.29 is 23.9 Å². The number of amides is 2. The molecule has 0 radical (unpaired) electrons. The van der Waals surface area contributed by atoms with Crippen molar-refractivity contribution >= 4 is 45.7 Å². The predicted molar refractivity (Wildman–Crippen MR) is 133 cm³/mol. The van der Waals surface area contributed by atoms with Gasteiger partial charge in [-0.2, -0.15) is 0 Å². The molecule has 4 rings (SSSR count). The highest BCUT2D eigenvalue weighted by Gasteiger charge is 2.37. The Morgan fingerprint density at radius 1 is 1.03 bits per heavy atom. The Hall–Kier alpha value is -3.58. The zero-order valence-electron chi connectivity index (χ0n) is 19.0. The van der Waals surface area contributed by atoms with Crippen LogP contribution in [0, 0.1) is 0 Å². The van der Waals surface area contributed by atoms with E-state index in [9.17, 15) is 14.4 Å². The molecule has 1 atom stereocenters. The molecular formula is C27H25NO5S. The number of fused-ring (bicyclic) bond motifs is 1. The first kappa shape index (κ1) is 23.6. The number of nitrogens with zero attached hydrogens (tertiary/aromatic N) is 1. The molecule has 174 valence electrons. The lowest BCUT2D eigenvalue weighted by molar-refractivity contribution is -0.150. The number of carbonyl (C=O) groups is 3. The lowest BCUT2D eigenvalue weighted by Crippen LogP contribution is -2.35. The van der Waals surface area contributed by atoms with Crippen molar-refractivity contribution in [3.63, 3.8) is 0 Å². The van der Waals surface area contributed by atoms with E-state index in [4.69, 9.17) is 9.47 Å². The van der Waals surface area contributed by atoms with Gasteiger partial charge in [-0.25, -0.2) is 0 Å². The maximum atomic E-state index is 13.0. The van der Waals surface area contributed by atoms with Gasteiger partial charge in [0.25, 0.3) is 11.1 Å². The number of carbonyl (C=O) groups excluding carboxylic acids is 3. The number of esters is 1. The summed E-state index contributed by atoms with van der Waals surface area (Å²) < 4.78 is 11.3. The van der Waals surface area contributed by atoms with Crippen molar-refractivity contribution in [1.29, 1.82) is 0 Å².